The molecule has 0 radical (unpaired) electrons. The zero-order valence-electron chi connectivity index (χ0n) is 24.0. The summed E-state index contributed by atoms with van der Waals surface area (Å²) in [6.07, 6.45) is 3.74. The highest BCUT2D eigenvalue weighted by Crippen LogP contribution is 2.44. The normalized spacial score (nSPS) is 11.2. The molecule has 0 fully saturated rings. The lowest BCUT2D eigenvalue weighted by atomic mass is 10.0. The molecule has 8 rings (SSSR count). The Hall–Kier alpha value is -6.00. The van der Waals surface area contributed by atoms with Crippen molar-refractivity contribution in [3.8, 4) is 28.2 Å². The van der Waals surface area contributed by atoms with E-state index >= 15 is 0 Å². The molecule has 0 aliphatic carbocycles. The highest BCUT2D eigenvalue weighted by molar-refractivity contribution is 6.16. The molecule has 0 amide bonds. The van der Waals surface area contributed by atoms with Gasteiger partial charge in [0.25, 0.3) is 0 Å². The molecule has 5 aromatic carbocycles. The molecule has 44 heavy (non-hydrogen) atoms. The van der Waals surface area contributed by atoms with E-state index in [1.807, 2.05) is 30.5 Å². The van der Waals surface area contributed by atoms with Crippen molar-refractivity contribution in [1.29, 1.82) is 0 Å². The third-order valence-corrected chi connectivity index (χ3v) is 8.08. The van der Waals surface area contributed by atoms with Crippen LogP contribution in [0.4, 0.5) is 17.1 Å². The lowest BCUT2D eigenvalue weighted by Crippen LogP contribution is -2.10. The van der Waals surface area contributed by atoms with Gasteiger partial charge >= 0.3 is 0 Å². The van der Waals surface area contributed by atoms with Gasteiger partial charge in [-0.05, 0) is 77.9 Å². The maximum Gasteiger partial charge on any atom is 0.0887 e. The first kappa shape index (κ1) is 25.7. The van der Waals surface area contributed by atoms with Gasteiger partial charge < -0.3 is 9.47 Å². The molecule has 0 aliphatic rings. The lowest BCUT2D eigenvalue weighted by Gasteiger charge is -2.27. The second kappa shape index (κ2) is 11.0. The van der Waals surface area contributed by atoms with Crippen LogP contribution in [0.3, 0.4) is 0 Å². The largest absolute Gasteiger partial charge is 0.310 e. The lowest BCUT2D eigenvalue weighted by molar-refractivity contribution is 1.13. The van der Waals surface area contributed by atoms with Crippen LogP contribution in [0.15, 0.2) is 170 Å². The van der Waals surface area contributed by atoms with Gasteiger partial charge in [-0.1, -0.05) is 91.0 Å². The fourth-order valence-electron chi connectivity index (χ4n) is 6.11. The first-order valence-corrected chi connectivity index (χ1v) is 14.8. The highest BCUT2D eigenvalue weighted by atomic mass is 15.1. The molecule has 0 bridgehead atoms. The smallest absolute Gasteiger partial charge is 0.0887 e. The Kier molecular flexibility index (Phi) is 6.43. The third-order valence-electron chi connectivity index (χ3n) is 8.08. The Morgan fingerprint density at radius 2 is 1.16 bits per heavy atom. The maximum atomic E-state index is 4.82. The average Bonchev–Trinajstić information content (AvgIpc) is 3.45. The Morgan fingerprint density at radius 3 is 1.95 bits per heavy atom. The molecule has 3 heterocycles. The van der Waals surface area contributed by atoms with Gasteiger partial charge in [-0.15, -0.1) is 0 Å². The number of rotatable bonds is 6. The molecule has 0 saturated heterocycles. The van der Waals surface area contributed by atoms with Gasteiger partial charge in [-0.2, -0.15) is 0 Å². The number of benzene rings is 5. The Morgan fingerprint density at radius 1 is 0.477 bits per heavy atom. The quantitative estimate of drug-likeness (QED) is 0.201. The molecule has 0 unspecified atom stereocenters. The Balaban J connectivity index is 1.35. The molecular formula is C40H28N4. The summed E-state index contributed by atoms with van der Waals surface area (Å²) in [5, 5.41) is 2.37. The van der Waals surface area contributed by atoms with Gasteiger partial charge in [0.1, 0.15) is 0 Å². The third kappa shape index (κ3) is 4.50. The summed E-state index contributed by atoms with van der Waals surface area (Å²) < 4.78 is 2.31. The second-order valence-electron chi connectivity index (χ2n) is 10.7. The monoisotopic (exact) mass is 564 g/mol. The summed E-state index contributed by atoms with van der Waals surface area (Å²) in [4.78, 5) is 11.7. The molecule has 4 heteroatoms. The number of aromatic nitrogens is 3. The van der Waals surface area contributed by atoms with Crippen LogP contribution in [0.25, 0.3) is 50.0 Å². The number of nitrogens with zero attached hydrogens (tertiary/aromatic N) is 4. The number of pyridine rings is 2. The second-order valence-corrected chi connectivity index (χ2v) is 10.7. The van der Waals surface area contributed by atoms with E-state index in [1.54, 1.807) is 6.20 Å². The van der Waals surface area contributed by atoms with E-state index in [1.165, 1.54) is 21.9 Å². The molecule has 0 saturated carbocycles. The van der Waals surface area contributed by atoms with Crippen LogP contribution < -0.4 is 4.90 Å². The van der Waals surface area contributed by atoms with Crippen molar-refractivity contribution in [3.63, 3.8) is 0 Å². The molecular weight excluding hydrogens is 536 g/mol. The summed E-state index contributed by atoms with van der Waals surface area (Å²) in [5.41, 5.74) is 10.7. The minimum Gasteiger partial charge on any atom is -0.310 e. The van der Waals surface area contributed by atoms with Crippen LogP contribution in [-0.4, -0.2) is 14.5 Å². The van der Waals surface area contributed by atoms with E-state index in [0.29, 0.717) is 0 Å². The molecule has 8 aromatic rings. The van der Waals surface area contributed by atoms with Crippen molar-refractivity contribution in [3.05, 3.63) is 170 Å². The van der Waals surface area contributed by atoms with Crippen LogP contribution in [0.2, 0.25) is 0 Å². The zero-order chi connectivity index (χ0) is 29.3. The molecule has 0 N–H and O–H groups in total. The SMILES string of the molecule is c1ccc(-c2cccc(N(c3ccccc3)c3cccc4c3c3ccccc3n4-c3ccc(-c4ccccn4)nc3)c2)cc1. The van der Waals surface area contributed by atoms with Crippen LogP contribution in [0, 0.1) is 0 Å². The fraction of sp³-hybridized carbons (Fsp3) is 0. The van der Waals surface area contributed by atoms with E-state index in [-0.39, 0.29) is 0 Å². The zero-order valence-corrected chi connectivity index (χ0v) is 24.0. The molecule has 3 aromatic heterocycles. The summed E-state index contributed by atoms with van der Waals surface area (Å²) in [5.74, 6) is 0. The molecule has 0 atom stereocenters. The number of hydrogen-bond donors (Lipinski definition) is 0. The van der Waals surface area contributed by atoms with Crippen molar-refractivity contribution in [2.24, 2.45) is 0 Å². The summed E-state index contributed by atoms with van der Waals surface area (Å²) in [6.45, 7) is 0. The van der Waals surface area contributed by atoms with Crippen LogP contribution in [0.1, 0.15) is 0 Å². The predicted molar refractivity (Wildman–Crippen MR) is 182 cm³/mol. The van der Waals surface area contributed by atoms with Gasteiger partial charge in [0.2, 0.25) is 0 Å². The van der Waals surface area contributed by atoms with Crippen molar-refractivity contribution in [1.82, 2.24) is 14.5 Å². The van der Waals surface area contributed by atoms with Crippen molar-refractivity contribution in [2.75, 3.05) is 4.90 Å². The fourth-order valence-corrected chi connectivity index (χ4v) is 6.11. The van der Waals surface area contributed by atoms with E-state index in [2.05, 4.69) is 148 Å². The van der Waals surface area contributed by atoms with E-state index in [4.69, 9.17) is 4.98 Å². The van der Waals surface area contributed by atoms with Crippen molar-refractivity contribution >= 4 is 38.9 Å². The Labute approximate surface area is 256 Å². The van der Waals surface area contributed by atoms with E-state index in [9.17, 15) is 0 Å². The van der Waals surface area contributed by atoms with Gasteiger partial charge in [0, 0.05) is 28.3 Å². The topological polar surface area (TPSA) is 34.0 Å². The van der Waals surface area contributed by atoms with E-state index in [0.717, 1.165) is 45.2 Å². The van der Waals surface area contributed by atoms with Gasteiger partial charge in [-0.25, -0.2) is 0 Å². The molecule has 0 aliphatic heterocycles. The minimum absolute atomic E-state index is 0.851. The van der Waals surface area contributed by atoms with Gasteiger partial charge in [-0.3, -0.25) is 9.97 Å². The number of hydrogen-bond acceptors (Lipinski definition) is 3. The van der Waals surface area contributed by atoms with Gasteiger partial charge in [0.15, 0.2) is 0 Å². The summed E-state index contributed by atoms with van der Waals surface area (Å²) in [7, 11) is 0. The summed E-state index contributed by atoms with van der Waals surface area (Å²) >= 11 is 0. The molecule has 0 spiro atoms. The Bertz CT molecular complexity index is 2200. The van der Waals surface area contributed by atoms with Crippen molar-refractivity contribution in [2.45, 2.75) is 0 Å². The van der Waals surface area contributed by atoms with E-state index < -0.39 is 0 Å². The van der Waals surface area contributed by atoms with Crippen LogP contribution in [0.5, 0.6) is 0 Å². The van der Waals surface area contributed by atoms with Gasteiger partial charge in [0.05, 0.1) is 40.0 Å². The average molecular weight is 565 g/mol. The number of para-hydroxylation sites is 2. The maximum absolute atomic E-state index is 4.82. The first-order valence-electron chi connectivity index (χ1n) is 14.8. The van der Waals surface area contributed by atoms with Crippen LogP contribution >= 0.6 is 0 Å². The minimum atomic E-state index is 0.851. The molecule has 4 nitrogen and oxygen atoms in total. The molecule has 208 valence electrons. The number of fused-ring (bicyclic) bond motifs is 3. The number of anilines is 3. The summed E-state index contributed by atoms with van der Waals surface area (Å²) in [6, 6.07) is 55.2. The predicted octanol–water partition coefficient (Wildman–Crippen LogP) is 10.4. The first-order chi connectivity index (χ1) is 21.8. The standard InChI is InChI=1S/C40H28N4/c1-3-13-29(14-4-1)30-15-11-18-32(27-30)43(31-16-5-2-6-17-31)38-22-12-23-39-40(38)34-19-7-8-21-37(34)44(39)33-24-25-36(42-28-33)35-20-9-10-26-41-35/h1-28H. The highest BCUT2D eigenvalue weighted by Gasteiger charge is 2.21. The van der Waals surface area contributed by atoms with Crippen molar-refractivity contribution < 1.29 is 0 Å². The van der Waals surface area contributed by atoms with Crippen LogP contribution in [-0.2, 0) is 0 Å².